The number of nitrogens with one attached hydrogen (secondary N) is 1. The fourth-order valence-electron chi connectivity index (χ4n) is 4.20. The van der Waals surface area contributed by atoms with Gasteiger partial charge in [-0.2, -0.15) is 0 Å². The monoisotopic (exact) mass is 395 g/mol. The molecule has 0 radical (unpaired) electrons. The molecular weight excluding hydrogens is 366 g/mol. The van der Waals surface area contributed by atoms with Crippen LogP contribution in [0.2, 0.25) is 0 Å². The summed E-state index contributed by atoms with van der Waals surface area (Å²) in [5.41, 5.74) is 3.08. The first kappa shape index (κ1) is 19.9. The predicted molar refractivity (Wildman–Crippen MR) is 114 cm³/mol. The molecule has 0 saturated carbocycles. The van der Waals surface area contributed by atoms with Crippen molar-refractivity contribution in [3.8, 4) is 0 Å². The van der Waals surface area contributed by atoms with Crippen LogP contribution in [0.3, 0.4) is 0 Å². The van der Waals surface area contributed by atoms with Crippen LogP contribution in [0, 0.1) is 0 Å². The van der Waals surface area contributed by atoms with Gasteiger partial charge < -0.3 is 19.7 Å². The van der Waals surface area contributed by atoms with Gasteiger partial charge in [-0.1, -0.05) is 42.5 Å². The van der Waals surface area contributed by atoms with Gasteiger partial charge in [0.2, 0.25) is 0 Å². The largest absolute Gasteiger partial charge is 0.389 e. The Kier molecular flexibility index (Phi) is 6.44. The third kappa shape index (κ3) is 4.96. The number of aliphatic hydroxyl groups is 1. The Labute approximate surface area is 170 Å². The lowest BCUT2D eigenvalue weighted by molar-refractivity contribution is 0.0120. The van der Waals surface area contributed by atoms with Crippen LogP contribution in [-0.2, 0) is 11.2 Å². The Hall–Kier alpha value is -2.41. The molecule has 0 spiro atoms. The number of nitrogens with zero attached hydrogens (tertiary/aromatic N) is 2. The number of hydrogen-bond acceptors (Lipinski definition) is 4. The van der Waals surface area contributed by atoms with E-state index in [1.165, 1.54) is 5.56 Å². The summed E-state index contributed by atoms with van der Waals surface area (Å²) < 4.78 is 7.56. The second-order valence-electron chi connectivity index (χ2n) is 7.81. The van der Waals surface area contributed by atoms with E-state index in [0.717, 1.165) is 43.4 Å². The lowest BCUT2D eigenvalue weighted by atomic mass is 10.0. The van der Waals surface area contributed by atoms with Crippen molar-refractivity contribution < 1.29 is 9.84 Å². The number of aliphatic hydroxyl groups excluding tert-OH is 1. The average Bonchev–Trinajstić information content (AvgIpc) is 3.08. The Morgan fingerprint density at radius 2 is 1.79 bits per heavy atom. The van der Waals surface area contributed by atoms with Crippen LogP contribution in [0.15, 0.2) is 59.4 Å². The van der Waals surface area contributed by atoms with E-state index in [9.17, 15) is 9.90 Å². The maximum absolute atomic E-state index is 12.4. The summed E-state index contributed by atoms with van der Waals surface area (Å²) in [6, 6.07) is 18.3. The number of β-amino-alcohol motifs (C(OH)–C–C–N with tert-alkyl or cyclic N) is 1. The van der Waals surface area contributed by atoms with Gasteiger partial charge in [0.15, 0.2) is 0 Å². The van der Waals surface area contributed by atoms with Crippen LogP contribution in [-0.4, -0.2) is 58.5 Å². The van der Waals surface area contributed by atoms with E-state index in [4.69, 9.17) is 4.74 Å². The zero-order chi connectivity index (χ0) is 20.1. The molecule has 1 aromatic heterocycles. The predicted octanol–water partition coefficient (Wildman–Crippen LogP) is 2.59. The maximum atomic E-state index is 12.4. The molecule has 3 aromatic rings. The molecule has 1 fully saturated rings. The molecule has 2 N–H and O–H groups in total. The highest BCUT2D eigenvalue weighted by Crippen LogP contribution is 2.24. The third-order valence-corrected chi connectivity index (χ3v) is 5.70. The van der Waals surface area contributed by atoms with Gasteiger partial charge in [0.25, 0.3) is 0 Å². The minimum Gasteiger partial charge on any atom is -0.389 e. The van der Waals surface area contributed by atoms with E-state index in [1.54, 1.807) is 0 Å². The molecule has 0 amide bonds. The first-order valence-electron chi connectivity index (χ1n) is 10.4. The lowest BCUT2D eigenvalue weighted by Crippen LogP contribution is -2.41. The number of benzene rings is 2. The Balaban J connectivity index is 1.21. The van der Waals surface area contributed by atoms with Crippen LogP contribution in [0.4, 0.5) is 0 Å². The number of rotatable bonds is 8. The van der Waals surface area contributed by atoms with E-state index in [1.807, 2.05) is 47.0 Å². The zero-order valence-corrected chi connectivity index (χ0v) is 16.7. The molecular formula is C23H29N3O3. The van der Waals surface area contributed by atoms with Crippen molar-refractivity contribution in [2.24, 2.45) is 0 Å². The molecule has 1 atom stereocenters. The highest BCUT2D eigenvalue weighted by Gasteiger charge is 2.24. The minimum atomic E-state index is -0.488. The molecule has 1 aliphatic heterocycles. The van der Waals surface area contributed by atoms with E-state index >= 15 is 0 Å². The molecule has 2 aromatic carbocycles. The number of likely N-dealkylation sites (tertiary alicyclic amines) is 1. The highest BCUT2D eigenvalue weighted by atomic mass is 16.5. The molecule has 0 aliphatic carbocycles. The second-order valence-corrected chi connectivity index (χ2v) is 7.81. The summed E-state index contributed by atoms with van der Waals surface area (Å²) in [7, 11) is 0. The number of piperidine rings is 1. The van der Waals surface area contributed by atoms with Crippen LogP contribution in [0.1, 0.15) is 24.4 Å². The Morgan fingerprint density at radius 1 is 1.07 bits per heavy atom. The number of ether oxygens (including phenoxy) is 1. The number of aromatic nitrogens is 2. The Morgan fingerprint density at radius 3 is 2.59 bits per heavy atom. The van der Waals surface area contributed by atoms with E-state index < -0.39 is 6.10 Å². The van der Waals surface area contributed by atoms with Gasteiger partial charge in [0.05, 0.1) is 30.4 Å². The van der Waals surface area contributed by atoms with Crippen molar-refractivity contribution >= 4 is 11.0 Å². The first-order chi connectivity index (χ1) is 14.2. The van der Waals surface area contributed by atoms with Gasteiger partial charge >= 0.3 is 5.69 Å². The van der Waals surface area contributed by atoms with Gasteiger partial charge in [-0.25, -0.2) is 4.79 Å². The molecule has 6 heteroatoms. The second kappa shape index (κ2) is 9.39. The fraction of sp³-hybridized carbons (Fsp3) is 0.435. The van der Waals surface area contributed by atoms with Crippen molar-refractivity contribution in [2.75, 3.05) is 32.8 Å². The molecule has 1 unspecified atom stereocenters. The molecule has 29 heavy (non-hydrogen) atoms. The normalized spacial score (nSPS) is 17.0. The SMILES string of the molecule is O=c1[nH]c2ccccc2n1C1CCN(CC(O)COCCc2ccccc2)CC1. The number of fused-ring (bicyclic) bond motifs is 1. The lowest BCUT2D eigenvalue weighted by Gasteiger charge is -2.33. The van der Waals surface area contributed by atoms with E-state index in [2.05, 4.69) is 22.0 Å². The van der Waals surface area contributed by atoms with Gasteiger partial charge in [-0.15, -0.1) is 0 Å². The van der Waals surface area contributed by atoms with Crippen LogP contribution < -0.4 is 5.69 Å². The zero-order valence-electron chi connectivity index (χ0n) is 16.7. The summed E-state index contributed by atoms with van der Waals surface area (Å²) in [4.78, 5) is 17.6. The van der Waals surface area contributed by atoms with Crippen LogP contribution in [0.5, 0.6) is 0 Å². The maximum Gasteiger partial charge on any atom is 0.326 e. The fourth-order valence-corrected chi connectivity index (χ4v) is 4.20. The van der Waals surface area contributed by atoms with Crippen molar-refractivity contribution in [3.05, 3.63) is 70.6 Å². The highest BCUT2D eigenvalue weighted by molar-refractivity contribution is 5.75. The van der Waals surface area contributed by atoms with Gasteiger partial charge in [0, 0.05) is 25.7 Å². The quantitative estimate of drug-likeness (QED) is 0.575. The van der Waals surface area contributed by atoms with E-state index in [0.29, 0.717) is 19.8 Å². The Bertz CT molecular complexity index is 958. The molecule has 154 valence electrons. The van der Waals surface area contributed by atoms with Gasteiger partial charge in [0.1, 0.15) is 0 Å². The summed E-state index contributed by atoms with van der Waals surface area (Å²) in [5, 5.41) is 10.3. The average molecular weight is 396 g/mol. The smallest absolute Gasteiger partial charge is 0.326 e. The van der Waals surface area contributed by atoms with E-state index in [-0.39, 0.29) is 11.7 Å². The molecule has 4 rings (SSSR count). The number of aromatic amines is 1. The van der Waals surface area contributed by atoms with Crippen molar-refractivity contribution in [1.29, 1.82) is 0 Å². The van der Waals surface area contributed by atoms with Crippen molar-refractivity contribution in [3.63, 3.8) is 0 Å². The summed E-state index contributed by atoms with van der Waals surface area (Å²) in [6.45, 7) is 3.33. The topological polar surface area (TPSA) is 70.5 Å². The summed E-state index contributed by atoms with van der Waals surface area (Å²) >= 11 is 0. The number of hydrogen-bond donors (Lipinski definition) is 2. The number of H-pyrrole nitrogens is 1. The number of para-hydroxylation sites is 2. The molecule has 0 bridgehead atoms. The third-order valence-electron chi connectivity index (χ3n) is 5.70. The molecule has 1 aliphatic rings. The molecule has 2 heterocycles. The van der Waals surface area contributed by atoms with Gasteiger partial charge in [-0.3, -0.25) is 4.57 Å². The minimum absolute atomic E-state index is 0.0310. The first-order valence-corrected chi connectivity index (χ1v) is 10.4. The van der Waals surface area contributed by atoms with Crippen molar-refractivity contribution in [1.82, 2.24) is 14.5 Å². The van der Waals surface area contributed by atoms with Gasteiger partial charge in [-0.05, 0) is 37.0 Å². The summed E-state index contributed by atoms with van der Waals surface area (Å²) in [5.74, 6) is 0. The number of imidazole rings is 1. The standard InChI is InChI=1S/C23H29N3O3/c27-20(17-29-15-12-18-6-2-1-3-7-18)16-25-13-10-19(11-14-25)26-22-9-5-4-8-21(22)24-23(26)28/h1-9,19-20,27H,10-17H2,(H,24,28). The van der Waals surface area contributed by atoms with Crippen molar-refractivity contribution in [2.45, 2.75) is 31.4 Å². The molecule has 1 saturated heterocycles. The van der Waals surface area contributed by atoms with Crippen LogP contribution in [0.25, 0.3) is 11.0 Å². The molecule has 6 nitrogen and oxygen atoms in total. The summed E-state index contributed by atoms with van der Waals surface area (Å²) in [6.07, 6.45) is 2.18. The van der Waals surface area contributed by atoms with Crippen LogP contribution >= 0.6 is 0 Å².